The second-order valence-electron chi connectivity index (χ2n) is 4.56. The SMILES string of the molecule is CCCCCCC(C)NCCOCC(=O)OCC. The zero-order chi connectivity index (χ0) is 13.6. The Morgan fingerprint density at radius 2 is 2.00 bits per heavy atom. The van der Waals surface area contributed by atoms with Gasteiger partial charge in [-0.1, -0.05) is 32.6 Å². The van der Waals surface area contributed by atoms with Gasteiger partial charge in [0, 0.05) is 12.6 Å². The zero-order valence-electron chi connectivity index (χ0n) is 12.2. The lowest BCUT2D eigenvalue weighted by molar-refractivity contribution is -0.148. The number of nitrogens with one attached hydrogen (secondary N) is 1. The molecule has 1 N–H and O–H groups in total. The van der Waals surface area contributed by atoms with Crippen molar-refractivity contribution >= 4 is 5.97 Å². The fourth-order valence-corrected chi connectivity index (χ4v) is 1.72. The van der Waals surface area contributed by atoms with Crippen LogP contribution in [-0.2, 0) is 14.3 Å². The lowest BCUT2D eigenvalue weighted by Gasteiger charge is -2.13. The minimum absolute atomic E-state index is 0.0560. The van der Waals surface area contributed by atoms with E-state index in [9.17, 15) is 4.79 Å². The van der Waals surface area contributed by atoms with E-state index in [2.05, 4.69) is 19.2 Å². The van der Waals surface area contributed by atoms with Gasteiger partial charge in [-0.2, -0.15) is 0 Å². The van der Waals surface area contributed by atoms with Crippen LogP contribution >= 0.6 is 0 Å². The molecule has 0 fully saturated rings. The fraction of sp³-hybridized carbons (Fsp3) is 0.929. The molecule has 0 saturated heterocycles. The van der Waals surface area contributed by atoms with Crippen LogP contribution in [0.1, 0.15) is 52.9 Å². The third-order valence-corrected chi connectivity index (χ3v) is 2.76. The third-order valence-electron chi connectivity index (χ3n) is 2.76. The predicted octanol–water partition coefficient (Wildman–Crippen LogP) is 2.51. The molecular weight excluding hydrogens is 230 g/mol. The van der Waals surface area contributed by atoms with Gasteiger partial charge in [-0.05, 0) is 20.3 Å². The quantitative estimate of drug-likeness (QED) is 0.432. The third kappa shape index (κ3) is 11.9. The highest BCUT2D eigenvalue weighted by Gasteiger charge is 2.02. The first-order chi connectivity index (χ1) is 8.70. The van der Waals surface area contributed by atoms with Gasteiger partial charge in [-0.25, -0.2) is 4.79 Å². The van der Waals surface area contributed by atoms with Gasteiger partial charge in [-0.3, -0.25) is 0 Å². The first kappa shape index (κ1) is 17.4. The highest BCUT2D eigenvalue weighted by molar-refractivity contribution is 5.70. The van der Waals surface area contributed by atoms with Gasteiger partial charge < -0.3 is 14.8 Å². The molecule has 0 aliphatic carbocycles. The Bertz CT molecular complexity index is 197. The highest BCUT2D eigenvalue weighted by Crippen LogP contribution is 2.04. The number of esters is 1. The maximum absolute atomic E-state index is 11.0. The average Bonchev–Trinajstić information content (AvgIpc) is 2.34. The first-order valence-electron chi connectivity index (χ1n) is 7.17. The molecule has 0 aromatic heterocycles. The highest BCUT2D eigenvalue weighted by atomic mass is 16.6. The molecule has 0 aromatic rings. The fourth-order valence-electron chi connectivity index (χ4n) is 1.72. The summed E-state index contributed by atoms with van der Waals surface area (Å²) in [5.74, 6) is -0.287. The molecule has 18 heavy (non-hydrogen) atoms. The van der Waals surface area contributed by atoms with Crippen LogP contribution in [0, 0.1) is 0 Å². The Kier molecular flexibility index (Phi) is 12.4. The van der Waals surface area contributed by atoms with Crippen molar-refractivity contribution in [2.75, 3.05) is 26.4 Å². The summed E-state index contributed by atoms with van der Waals surface area (Å²) in [6.07, 6.45) is 6.42. The first-order valence-corrected chi connectivity index (χ1v) is 7.17. The summed E-state index contributed by atoms with van der Waals surface area (Å²) in [4.78, 5) is 11.0. The second kappa shape index (κ2) is 12.8. The maximum Gasteiger partial charge on any atom is 0.332 e. The molecular formula is C14H29NO3. The average molecular weight is 259 g/mol. The van der Waals surface area contributed by atoms with Crippen molar-refractivity contribution in [1.29, 1.82) is 0 Å². The van der Waals surface area contributed by atoms with Gasteiger partial charge in [0.2, 0.25) is 0 Å². The number of carbonyl (C=O) groups is 1. The van der Waals surface area contributed by atoms with Crippen LogP contribution < -0.4 is 5.32 Å². The topological polar surface area (TPSA) is 47.6 Å². The zero-order valence-corrected chi connectivity index (χ0v) is 12.2. The molecule has 0 aliphatic heterocycles. The minimum atomic E-state index is -0.287. The van der Waals surface area contributed by atoms with Crippen LogP contribution in [0.4, 0.5) is 0 Å². The summed E-state index contributed by atoms with van der Waals surface area (Å²) in [5.41, 5.74) is 0. The monoisotopic (exact) mass is 259 g/mol. The molecule has 108 valence electrons. The van der Waals surface area contributed by atoms with Gasteiger partial charge in [0.05, 0.1) is 13.2 Å². The molecule has 1 unspecified atom stereocenters. The van der Waals surface area contributed by atoms with E-state index in [1.165, 1.54) is 32.1 Å². The van der Waals surface area contributed by atoms with Crippen LogP contribution in [0.5, 0.6) is 0 Å². The van der Waals surface area contributed by atoms with Gasteiger partial charge in [-0.15, -0.1) is 0 Å². The van der Waals surface area contributed by atoms with E-state index in [0.717, 1.165) is 6.54 Å². The second-order valence-corrected chi connectivity index (χ2v) is 4.56. The Morgan fingerprint density at radius 1 is 1.22 bits per heavy atom. The van der Waals surface area contributed by atoms with E-state index >= 15 is 0 Å². The maximum atomic E-state index is 11.0. The number of carbonyl (C=O) groups excluding carboxylic acids is 1. The smallest absolute Gasteiger partial charge is 0.332 e. The van der Waals surface area contributed by atoms with Gasteiger partial charge in [0.1, 0.15) is 6.61 Å². The van der Waals surface area contributed by atoms with Crippen LogP contribution in [0.2, 0.25) is 0 Å². The molecule has 1 atom stereocenters. The predicted molar refractivity (Wildman–Crippen MR) is 73.7 cm³/mol. The summed E-state index contributed by atoms with van der Waals surface area (Å²) in [6.45, 7) is 8.02. The molecule has 0 radical (unpaired) electrons. The largest absolute Gasteiger partial charge is 0.464 e. The van der Waals surface area contributed by atoms with Crippen molar-refractivity contribution < 1.29 is 14.3 Å². The summed E-state index contributed by atoms with van der Waals surface area (Å²) in [5, 5.41) is 3.39. The molecule has 4 heteroatoms. The lowest BCUT2D eigenvalue weighted by Crippen LogP contribution is -2.30. The number of hydrogen-bond donors (Lipinski definition) is 1. The normalized spacial score (nSPS) is 12.4. The summed E-state index contributed by atoms with van der Waals surface area (Å²) < 4.78 is 9.97. The molecule has 0 spiro atoms. The molecule has 0 bridgehead atoms. The molecule has 0 aliphatic rings. The summed E-state index contributed by atoms with van der Waals surface area (Å²) in [6, 6.07) is 0.521. The Morgan fingerprint density at radius 3 is 2.67 bits per heavy atom. The van der Waals surface area contributed by atoms with Crippen molar-refractivity contribution in [3.8, 4) is 0 Å². The minimum Gasteiger partial charge on any atom is -0.464 e. The number of ether oxygens (including phenoxy) is 2. The van der Waals surface area contributed by atoms with Crippen LogP contribution in [0.25, 0.3) is 0 Å². The molecule has 4 nitrogen and oxygen atoms in total. The summed E-state index contributed by atoms with van der Waals surface area (Å²) >= 11 is 0. The van der Waals surface area contributed by atoms with E-state index in [1.54, 1.807) is 6.92 Å². The molecule has 0 saturated carbocycles. The van der Waals surface area contributed by atoms with Gasteiger partial charge in [0.15, 0.2) is 0 Å². The van der Waals surface area contributed by atoms with Crippen LogP contribution in [-0.4, -0.2) is 38.4 Å². The van der Waals surface area contributed by atoms with E-state index in [4.69, 9.17) is 9.47 Å². The van der Waals surface area contributed by atoms with Crippen LogP contribution in [0.15, 0.2) is 0 Å². The molecule has 0 rings (SSSR count). The van der Waals surface area contributed by atoms with E-state index in [0.29, 0.717) is 19.3 Å². The summed E-state index contributed by atoms with van der Waals surface area (Å²) in [7, 11) is 0. The van der Waals surface area contributed by atoms with Crippen molar-refractivity contribution in [3.05, 3.63) is 0 Å². The van der Waals surface area contributed by atoms with E-state index in [1.807, 2.05) is 0 Å². The number of hydrogen-bond acceptors (Lipinski definition) is 4. The molecule has 0 heterocycles. The standard InChI is InChI=1S/C14H29NO3/c1-4-6-7-8-9-13(3)15-10-11-17-12-14(16)18-5-2/h13,15H,4-12H2,1-3H3. The molecule has 0 amide bonds. The Labute approximate surface area is 111 Å². The lowest BCUT2D eigenvalue weighted by atomic mass is 10.1. The van der Waals surface area contributed by atoms with Gasteiger partial charge >= 0.3 is 5.97 Å². The van der Waals surface area contributed by atoms with Crippen LogP contribution in [0.3, 0.4) is 0 Å². The number of unbranched alkanes of at least 4 members (excludes halogenated alkanes) is 3. The van der Waals surface area contributed by atoms with E-state index in [-0.39, 0.29) is 12.6 Å². The van der Waals surface area contributed by atoms with Gasteiger partial charge in [0.25, 0.3) is 0 Å². The van der Waals surface area contributed by atoms with Crippen molar-refractivity contribution in [2.24, 2.45) is 0 Å². The number of rotatable bonds is 12. The van der Waals surface area contributed by atoms with Crippen molar-refractivity contribution in [2.45, 2.75) is 58.9 Å². The molecule has 0 aromatic carbocycles. The Hall–Kier alpha value is -0.610. The van der Waals surface area contributed by atoms with Crippen molar-refractivity contribution in [3.63, 3.8) is 0 Å². The van der Waals surface area contributed by atoms with E-state index < -0.39 is 0 Å². The Balaban J connectivity index is 3.24. The van der Waals surface area contributed by atoms with Crippen molar-refractivity contribution in [1.82, 2.24) is 5.32 Å².